The van der Waals surface area contributed by atoms with Gasteiger partial charge in [-0.3, -0.25) is 9.36 Å². The van der Waals surface area contributed by atoms with Gasteiger partial charge >= 0.3 is 5.69 Å². The highest BCUT2D eigenvalue weighted by molar-refractivity contribution is 6.30. The number of carbonyl (C=O) groups excluding carboxylic acids is 1. The zero-order valence-corrected chi connectivity index (χ0v) is 18.1. The molecule has 2 heterocycles. The second-order valence-corrected chi connectivity index (χ2v) is 8.83. The van der Waals surface area contributed by atoms with Crippen LogP contribution in [0.4, 0.5) is 0 Å². The predicted molar refractivity (Wildman–Crippen MR) is 116 cm³/mol. The Labute approximate surface area is 180 Å². The van der Waals surface area contributed by atoms with Crippen LogP contribution in [0.25, 0.3) is 17.2 Å². The van der Waals surface area contributed by atoms with Crippen LogP contribution in [0.3, 0.4) is 0 Å². The molecule has 30 heavy (non-hydrogen) atoms. The van der Waals surface area contributed by atoms with E-state index in [9.17, 15) is 9.59 Å². The molecule has 0 aliphatic heterocycles. The van der Waals surface area contributed by atoms with Crippen molar-refractivity contribution in [1.82, 2.24) is 19.3 Å². The van der Waals surface area contributed by atoms with Crippen LogP contribution in [0, 0.1) is 5.41 Å². The minimum absolute atomic E-state index is 0.0183. The lowest BCUT2D eigenvalue weighted by Crippen LogP contribution is -2.28. The third kappa shape index (κ3) is 5.23. The molecule has 0 fully saturated rings. The summed E-state index contributed by atoms with van der Waals surface area (Å²) >= 11 is 6.13. The van der Waals surface area contributed by atoms with Crippen LogP contribution in [0.15, 0.2) is 47.4 Å². The van der Waals surface area contributed by atoms with Crippen molar-refractivity contribution in [2.75, 3.05) is 6.61 Å². The molecule has 8 heteroatoms. The molecule has 2 aromatic heterocycles. The van der Waals surface area contributed by atoms with Gasteiger partial charge in [0.1, 0.15) is 0 Å². The van der Waals surface area contributed by atoms with Gasteiger partial charge in [-0.1, -0.05) is 50.6 Å². The van der Waals surface area contributed by atoms with E-state index < -0.39 is 5.69 Å². The first-order valence-corrected chi connectivity index (χ1v) is 10.1. The van der Waals surface area contributed by atoms with E-state index in [1.54, 1.807) is 42.6 Å². The lowest BCUT2D eigenvalue weighted by molar-refractivity contribution is -0.121. The fourth-order valence-electron chi connectivity index (χ4n) is 3.17. The second kappa shape index (κ2) is 8.93. The highest BCUT2D eigenvalue weighted by Crippen LogP contribution is 2.23. The third-order valence-corrected chi connectivity index (χ3v) is 4.67. The molecular formula is C22H25ClN4O3. The highest BCUT2D eigenvalue weighted by Gasteiger charge is 2.22. The Morgan fingerprint density at radius 2 is 1.97 bits per heavy atom. The van der Waals surface area contributed by atoms with Crippen molar-refractivity contribution >= 4 is 17.4 Å². The average Bonchev–Trinajstić information content (AvgIpc) is 2.98. The van der Waals surface area contributed by atoms with E-state index in [4.69, 9.17) is 16.7 Å². The molecule has 0 saturated carbocycles. The average molecular weight is 429 g/mol. The lowest BCUT2D eigenvalue weighted by Gasteiger charge is -2.17. The monoisotopic (exact) mass is 428 g/mol. The Bertz CT molecular complexity index is 1090. The number of halogens is 1. The summed E-state index contributed by atoms with van der Waals surface area (Å²) in [6.45, 7) is 5.87. The van der Waals surface area contributed by atoms with Gasteiger partial charge in [-0.25, -0.2) is 9.78 Å². The number of carbonyl (C=O) groups is 1. The first-order valence-electron chi connectivity index (χ1n) is 9.71. The molecule has 0 aliphatic rings. The van der Waals surface area contributed by atoms with Crippen molar-refractivity contribution < 1.29 is 9.90 Å². The van der Waals surface area contributed by atoms with Crippen LogP contribution >= 0.6 is 11.6 Å². The van der Waals surface area contributed by atoms with Gasteiger partial charge in [0.15, 0.2) is 17.4 Å². The molecule has 0 amide bonds. The van der Waals surface area contributed by atoms with Crippen LogP contribution in [0.1, 0.15) is 32.8 Å². The molecule has 0 atom stereocenters. The number of ketones is 1. The van der Waals surface area contributed by atoms with Gasteiger partial charge < -0.3 is 5.11 Å². The fourth-order valence-corrected chi connectivity index (χ4v) is 3.36. The number of hydrogen-bond acceptors (Lipinski definition) is 5. The van der Waals surface area contributed by atoms with Gasteiger partial charge in [-0.05, 0) is 35.6 Å². The number of aliphatic hydroxyl groups excluding tert-OH is 1. The summed E-state index contributed by atoms with van der Waals surface area (Å²) in [4.78, 5) is 30.1. The number of nitrogens with zero attached hydrogens (tertiary/aromatic N) is 4. The van der Waals surface area contributed by atoms with Gasteiger partial charge in [0.25, 0.3) is 0 Å². The summed E-state index contributed by atoms with van der Waals surface area (Å²) in [5.74, 6) is 0.636. The molecule has 0 saturated heterocycles. The maximum Gasteiger partial charge on any atom is 0.352 e. The molecule has 0 radical (unpaired) electrons. The smallest absolute Gasteiger partial charge is 0.352 e. The largest absolute Gasteiger partial charge is 0.396 e. The maximum atomic E-state index is 13.2. The van der Waals surface area contributed by atoms with Gasteiger partial charge in [-0.2, -0.15) is 4.68 Å². The van der Waals surface area contributed by atoms with E-state index in [2.05, 4.69) is 10.1 Å². The lowest BCUT2D eigenvalue weighted by atomic mass is 9.90. The molecule has 158 valence electrons. The number of Topliss-reactive ketones (excluding diaryl/α,β-unsaturated/α-hetero) is 1. The van der Waals surface area contributed by atoms with Crippen LogP contribution < -0.4 is 5.69 Å². The van der Waals surface area contributed by atoms with Crippen molar-refractivity contribution in [2.45, 2.75) is 40.2 Å². The van der Waals surface area contributed by atoms with Crippen LogP contribution in [0.5, 0.6) is 0 Å². The Morgan fingerprint density at radius 1 is 1.20 bits per heavy atom. The van der Waals surface area contributed by atoms with Crippen LogP contribution in [-0.2, 0) is 17.8 Å². The molecule has 3 rings (SSSR count). The fraction of sp³-hybridized carbons (Fsp3) is 0.364. The quantitative estimate of drug-likeness (QED) is 0.623. The van der Waals surface area contributed by atoms with Crippen LogP contribution in [-0.4, -0.2) is 36.8 Å². The zero-order chi connectivity index (χ0) is 21.9. The molecule has 0 spiro atoms. The highest BCUT2D eigenvalue weighted by atomic mass is 35.5. The molecule has 0 aliphatic carbocycles. The molecular weight excluding hydrogens is 404 g/mol. The summed E-state index contributed by atoms with van der Waals surface area (Å²) < 4.78 is 2.55. The Morgan fingerprint density at radius 3 is 2.57 bits per heavy atom. The summed E-state index contributed by atoms with van der Waals surface area (Å²) in [5.41, 5.74) is 0.856. The Hall–Kier alpha value is -2.77. The summed E-state index contributed by atoms with van der Waals surface area (Å²) in [6.07, 6.45) is 2.42. The van der Waals surface area contributed by atoms with Gasteiger partial charge in [0.2, 0.25) is 0 Å². The topological polar surface area (TPSA) is 90.0 Å². The maximum absolute atomic E-state index is 13.2. The van der Waals surface area contributed by atoms with Crippen LogP contribution in [0.2, 0.25) is 5.02 Å². The van der Waals surface area contributed by atoms with E-state index in [0.717, 1.165) is 5.56 Å². The van der Waals surface area contributed by atoms with Crippen molar-refractivity contribution in [3.05, 3.63) is 63.7 Å². The van der Waals surface area contributed by atoms with Crippen molar-refractivity contribution in [3.63, 3.8) is 0 Å². The van der Waals surface area contributed by atoms with Crippen molar-refractivity contribution in [2.24, 2.45) is 5.41 Å². The predicted octanol–water partition coefficient (Wildman–Crippen LogP) is 3.29. The Kier molecular flexibility index (Phi) is 6.53. The summed E-state index contributed by atoms with van der Waals surface area (Å²) in [7, 11) is 0. The number of hydrogen-bond donors (Lipinski definition) is 1. The van der Waals surface area contributed by atoms with Crippen molar-refractivity contribution in [1.29, 1.82) is 0 Å². The normalized spacial score (nSPS) is 11.6. The number of aliphatic hydroxyl groups is 1. The number of rotatable bonds is 7. The van der Waals surface area contributed by atoms with E-state index in [0.29, 0.717) is 35.1 Å². The second-order valence-electron chi connectivity index (χ2n) is 8.39. The van der Waals surface area contributed by atoms with Gasteiger partial charge in [0, 0.05) is 29.8 Å². The van der Waals surface area contributed by atoms with E-state index >= 15 is 0 Å². The number of pyridine rings is 1. The van der Waals surface area contributed by atoms with Gasteiger partial charge in [-0.15, -0.1) is 5.10 Å². The first-order chi connectivity index (χ1) is 14.2. The van der Waals surface area contributed by atoms with E-state index in [1.165, 1.54) is 9.25 Å². The van der Waals surface area contributed by atoms with E-state index in [1.807, 2.05) is 20.8 Å². The molecule has 1 aromatic carbocycles. The molecule has 0 bridgehead atoms. The van der Waals surface area contributed by atoms with Crippen molar-refractivity contribution in [3.8, 4) is 17.2 Å². The zero-order valence-electron chi connectivity index (χ0n) is 17.3. The molecule has 1 N–H and O–H groups in total. The Balaban J connectivity index is 2.07. The molecule has 3 aromatic rings. The standard InChI is InChI=1S/C22H25ClN4O3/c1-22(2,3)12-18(29)14-26-20(16-5-4-6-17(23)11-16)25-27(21(26)30)19-8-7-15(9-10-28)13-24-19/h4-8,11,13,28H,9-10,12,14H2,1-3H3. The minimum Gasteiger partial charge on any atom is -0.396 e. The summed E-state index contributed by atoms with van der Waals surface area (Å²) in [6, 6.07) is 10.5. The first kappa shape index (κ1) is 21.9. The van der Waals surface area contributed by atoms with E-state index in [-0.39, 0.29) is 24.3 Å². The number of benzene rings is 1. The molecule has 7 nitrogen and oxygen atoms in total. The SMILES string of the molecule is CC(C)(C)CC(=O)Cn1c(-c2cccc(Cl)c2)nn(-c2ccc(CCO)cn2)c1=O. The van der Waals surface area contributed by atoms with Gasteiger partial charge in [0.05, 0.1) is 6.54 Å². The third-order valence-electron chi connectivity index (χ3n) is 4.43. The minimum atomic E-state index is -0.449. The molecule has 0 unspecified atom stereocenters. The number of aromatic nitrogens is 4. The summed E-state index contributed by atoms with van der Waals surface area (Å²) in [5, 5.41) is 14.0.